The summed E-state index contributed by atoms with van der Waals surface area (Å²) in [6.45, 7) is 2.84. The largest absolute Gasteiger partial charge is 0.316 e. The minimum absolute atomic E-state index is 0.209. The van der Waals surface area contributed by atoms with Crippen LogP contribution < -0.4 is 5.32 Å². The molecule has 0 spiro atoms. The molecule has 0 saturated carbocycles. The molecule has 60 valence electrons. The molecule has 1 aliphatic heterocycles. The van der Waals surface area contributed by atoms with Crippen molar-refractivity contribution < 1.29 is 0 Å². The van der Waals surface area contributed by atoms with Crippen molar-refractivity contribution >= 4 is 12.4 Å². The summed E-state index contributed by atoms with van der Waals surface area (Å²) in [6, 6.07) is 0.209. The van der Waals surface area contributed by atoms with Crippen LogP contribution in [0.15, 0.2) is 21.8 Å². The van der Waals surface area contributed by atoms with Crippen molar-refractivity contribution in [2.24, 2.45) is 9.98 Å². The first-order valence-electron chi connectivity index (χ1n) is 3.73. The smallest absolute Gasteiger partial charge is 0.0822 e. The maximum atomic E-state index is 4.24. The van der Waals surface area contributed by atoms with E-state index in [9.17, 15) is 0 Å². The first-order valence-corrected chi connectivity index (χ1v) is 3.73. The highest BCUT2D eigenvalue weighted by molar-refractivity contribution is 5.83. The number of aliphatic imine (C=N–C) groups is 2. The number of hydrogen-bond acceptors (Lipinski definition) is 3. The predicted molar refractivity (Wildman–Crippen MR) is 48.5 cm³/mol. The Bertz CT molecular complexity index is 203. The molecule has 0 radical (unpaired) electrons. The van der Waals surface area contributed by atoms with E-state index in [-0.39, 0.29) is 6.04 Å². The molecule has 3 heteroatoms. The fourth-order valence-electron chi connectivity index (χ4n) is 0.844. The average molecular weight is 151 g/mol. The van der Waals surface area contributed by atoms with Crippen LogP contribution in [0.3, 0.4) is 0 Å². The third-order valence-electron chi connectivity index (χ3n) is 1.40. The van der Waals surface area contributed by atoms with Gasteiger partial charge in [0.05, 0.1) is 6.04 Å². The number of nitrogens with zero attached hydrogens (tertiary/aromatic N) is 2. The Morgan fingerprint density at radius 3 is 3.18 bits per heavy atom. The zero-order valence-corrected chi connectivity index (χ0v) is 6.91. The molecule has 0 bridgehead atoms. The van der Waals surface area contributed by atoms with E-state index in [4.69, 9.17) is 0 Å². The third-order valence-corrected chi connectivity index (χ3v) is 1.40. The van der Waals surface area contributed by atoms with Crippen molar-refractivity contribution in [1.29, 1.82) is 0 Å². The Morgan fingerprint density at radius 2 is 2.45 bits per heavy atom. The van der Waals surface area contributed by atoms with Gasteiger partial charge in [-0.25, -0.2) is 0 Å². The topological polar surface area (TPSA) is 36.8 Å². The lowest BCUT2D eigenvalue weighted by Gasteiger charge is -1.96. The molecule has 1 rings (SSSR count). The van der Waals surface area contributed by atoms with Gasteiger partial charge in [-0.1, -0.05) is 0 Å². The van der Waals surface area contributed by atoms with E-state index >= 15 is 0 Å². The minimum atomic E-state index is 0.209. The fourth-order valence-corrected chi connectivity index (χ4v) is 0.844. The molecular formula is C8H13N3. The summed E-state index contributed by atoms with van der Waals surface area (Å²) in [5, 5.41) is 3.05. The van der Waals surface area contributed by atoms with Crippen molar-refractivity contribution in [3.8, 4) is 0 Å². The molecule has 1 atom stereocenters. The van der Waals surface area contributed by atoms with Gasteiger partial charge in [0, 0.05) is 30.7 Å². The van der Waals surface area contributed by atoms with Crippen LogP contribution in [0.5, 0.6) is 0 Å². The van der Waals surface area contributed by atoms with E-state index in [2.05, 4.69) is 15.3 Å². The quantitative estimate of drug-likeness (QED) is 0.617. The highest BCUT2D eigenvalue weighted by Gasteiger charge is 1.97. The summed E-state index contributed by atoms with van der Waals surface area (Å²) < 4.78 is 0. The van der Waals surface area contributed by atoms with Crippen LogP contribution in [-0.2, 0) is 0 Å². The molecule has 1 aliphatic rings. The molecule has 3 nitrogen and oxygen atoms in total. The van der Waals surface area contributed by atoms with Crippen molar-refractivity contribution in [2.45, 2.75) is 13.0 Å². The van der Waals surface area contributed by atoms with Crippen molar-refractivity contribution in [3.63, 3.8) is 0 Å². The normalized spacial score (nSPS) is 23.1. The lowest BCUT2D eigenvalue weighted by molar-refractivity contribution is 0.902. The van der Waals surface area contributed by atoms with E-state index in [1.807, 2.05) is 32.6 Å². The first kappa shape index (κ1) is 8.14. The second-order valence-electron chi connectivity index (χ2n) is 2.55. The van der Waals surface area contributed by atoms with E-state index < -0.39 is 0 Å². The predicted octanol–water partition coefficient (Wildman–Crippen LogP) is 0.633. The van der Waals surface area contributed by atoms with E-state index in [1.54, 1.807) is 0 Å². The van der Waals surface area contributed by atoms with Gasteiger partial charge in [0.25, 0.3) is 0 Å². The van der Waals surface area contributed by atoms with Crippen LogP contribution in [0.1, 0.15) is 6.92 Å². The standard InChI is InChI=1S/C8H13N3/c1-7-3-10-5-8(4-9-2)6-11-7/h3,5-7,9H,4H2,1-2H3. The van der Waals surface area contributed by atoms with Crippen molar-refractivity contribution in [3.05, 3.63) is 11.8 Å². The van der Waals surface area contributed by atoms with Gasteiger partial charge in [0.1, 0.15) is 0 Å². The molecule has 0 aromatic heterocycles. The zero-order valence-electron chi connectivity index (χ0n) is 6.91. The number of nitrogens with one attached hydrogen (secondary N) is 1. The molecule has 1 unspecified atom stereocenters. The molecule has 0 aromatic carbocycles. The highest BCUT2D eigenvalue weighted by Crippen LogP contribution is 1.96. The second-order valence-corrected chi connectivity index (χ2v) is 2.55. The molecule has 0 aliphatic carbocycles. The maximum Gasteiger partial charge on any atom is 0.0822 e. The van der Waals surface area contributed by atoms with Gasteiger partial charge in [-0.15, -0.1) is 0 Å². The number of hydrogen-bond donors (Lipinski definition) is 1. The zero-order chi connectivity index (χ0) is 8.10. The summed E-state index contributed by atoms with van der Waals surface area (Å²) in [4.78, 5) is 8.34. The highest BCUT2D eigenvalue weighted by atomic mass is 14.9. The van der Waals surface area contributed by atoms with E-state index in [0.29, 0.717) is 0 Å². The van der Waals surface area contributed by atoms with Crippen LogP contribution in [0.4, 0.5) is 0 Å². The summed E-state index contributed by atoms with van der Waals surface area (Å²) >= 11 is 0. The Balaban J connectivity index is 2.61. The molecule has 11 heavy (non-hydrogen) atoms. The Labute approximate surface area is 66.9 Å². The van der Waals surface area contributed by atoms with Crippen LogP contribution >= 0.6 is 0 Å². The first-order chi connectivity index (χ1) is 5.33. The Hall–Kier alpha value is -0.960. The molecule has 0 fully saturated rings. The molecule has 1 N–H and O–H groups in total. The van der Waals surface area contributed by atoms with Gasteiger partial charge in [-0.2, -0.15) is 0 Å². The third kappa shape index (κ3) is 2.63. The minimum Gasteiger partial charge on any atom is -0.316 e. The van der Waals surface area contributed by atoms with Gasteiger partial charge < -0.3 is 5.32 Å². The summed E-state index contributed by atoms with van der Waals surface area (Å²) in [5.74, 6) is 0. The van der Waals surface area contributed by atoms with Gasteiger partial charge in [-0.3, -0.25) is 9.98 Å². The molecule has 1 heterocycles. The molecule has 0 aromatic rings. The number of rotatable bonds is 2. The molecule has 0 saturated heterocycles. The number of likely N-dealkylation sites (N-methyl/N-ethyl adjacent to an activating group) is 1. The lowest BCUT2D eigenvalue weighted by atomic mass is 10.3. The summed E-state index contributed by atoms with van der Waals surface area (Å²) in [5.41, 5.74) is 1.12. The van der Waals surface area contributed by atoms with E-state index in [1.165, 1.54) is 0 Å². The second kappa shape index (κ2) is 4.03. The van der Waals surface area contributed by atoms with E-state index in [0.717, 1.165) is 12.1 Å². The summed E-state index contributed by atoms with van der Waals surface area (Å²) in [7, 11) is 1.91. The van der Waals surface area contributed by atoms with Crippen molar-refractivity contribution in [2.75, 3.05) is 13.6 Å². The Kier molecular flexibility index (Phi) is 2.98. The SMILES string of the molecule is CNCC1=CN=CC(C)N=C1. The van der Waals surface area contributed by atoms with Crippen LogP contribution in [0.25, 0.3) is 0 Å². The van der Waals surface area contributed by atoms with Crippen molar-refractivity contribution in [1.82, 2.24) is 5.32 Å². The van der Waals surface area contributed by atoms with Crippen LogP contribution in [0, 0.1) is 0 Å². The maximum absolute atomic E-state index is 4.24. The molecule has 0 amide bonds. The van der Waals surface area contributed by atoms with Gasteiger partial charge in [0.15, 0.2) is 0 Å². The fraction of sp³-hybridized carbons (Fsp3) is 0.500. The lowest BCUT2D eigenvalue weighted by Crippen LogP contribution is -2.11. The van der Waals surface area contributed by atoms with Gasteiger partial charge in [-0.05, 0) is 14.0 Å². The van der Waals surface area contributed by atoms with Crippen LogP contribution in [-0.4, -0.2) is 32.1 Å². The average Bonchev–Trinajstić information content (AvgIpc) is 2.17. The van der Waals surface area contributed by atoms with Crippen LogP contribution in [0.2, 0.25) is 0 Å². The molecular weight excluding hydrogens is 138 g/mol. The van der Waals surface area contributed by atoms with Gasteiger partial charge >= 0.3 is 0 Å². The van der Waals surface area contributed by atoms with Gasteiger partial charge in [0.2, 0.25) is 0 Å². The monoisotopic (exact) mass is 151 g/mol. The summed E-state index contributed by atoms with van der Waals surface area (Å²) in [6.07, 6.45) is 5.54. The Morgan fingerprint density at radius 1 is 1.64 bits per heavy atom.